The van der Waals surface area contributed by atoms with Crippen molar-refractivity contribution in [3.8, 4) is 5.75 Å². The number of nitrogens with one attached hydrogen (secondary N) is 1. The first-order valence-corrected chi connectivity index (χ1v) is 7.78. The highest BCUT2D eigenvalue weighted by Gasteiger charge is 2.25. The van der Waals surface area contributed by atoms with Gasteiger partial charge in [0.1, 0.15) is 5.75 Å². The Hall–Kier alpha value is -1.07. The number of halogens is 1. The Bertz CT molecular complexity index is 452. The number of aliphatic hydroxyl groups is 1. The summed E-state index contributed by atoms with van der Waals surface area (Å²) in [5.41, 5.74) is 0. The van der Waals surface area contributed by atoms with Crippen LogP contribution in [0.2, 0.25) is 0 Å². The van der Waals surface area contributed by atoms with Gasteiger partial charge in [-0.05, 0) is 40.9 Å². The number of hydrogen-bond acceptors (Lipinski definition) is 3. The van der Waals surface area contributed by atoms with Crippen LogP contribution in [0.4, 0.5) is 0 Å². The maximum atomic E-state index is 11.7. The first-order chi connectivity index (χ1) is 9.66. The molecule has 0 heterocycles. The first-order valence-electron chi connectivity index (χ1n) is 6.99. The van der Waals surface area contributed by atoms with Crippen molar-refractivity contribution in [1.29, 1.82) is 0 Å². The number of carbonyl (C=O) groups excluding carboxylic acids is 1. The van der Waals surface area contributed by atoms with Crippen molar-refractivity contribution in [2.24, 2.45) is 5.92 Å². The van der Waals surface area contributed by atoms with Crippen LogP contribution in [-0.2, 0) is 4.79 Å². The molecular weight excluding hydrogens is 322 g/mol. The van der Waals surface area contributed by atoms with Gasteiger partial charge in [0.05, 0.1) is 23.6 Å². The van der Waals surface area contributed by atoms with Crippen LogP contribution >= 0.6 is 15.9 Å². The third-order valence-electron chi connectivity index (χ3n) is 3.60. The van der Waals surface area contributed by atoms with Crippen molar-refractivity contribution in [3.63, 3.8) is 0 Å². The highest BCUT2D eigenvalue weighted by molar-refractivity contribution is 9.10. The zero-order valence-corrected chi connectivity index (χ0v) is 12.9. The lowest BCUT2D eigenvalue weighted by atomic mass is 10.1. The summed E-state index contributed by atoms with van der Waals surface area (Å²) in [7, 11) is 0. The fourth-order valence-electron chi connectivity index (χ4n) is 2.40. The van der Waals surface area contributed by atoms with Gasteiger partial charge in [0.2, 0.25) is 5.91 Å². The summed E-state index contributed by atoms with van der Waals surface area (Å²) in [6, 6.07) is 7.56. The molecular formula is C15H20BrNO3. The summed E-state index contributed by atoms with van der Waals surface area (Å²) >= 11 is 3.39. The Morgan fingerprint density at radius 2 is 2.20 bits per heavy atom. The summed E-state index contributed by atoms with van der Waals surface area (Å²) in [6.07, 6.45) is 2.96. The second-order valence-electron chi connectivity index (χ2n) is 5.09. The Morgan fingerprint density at radius 1 is 1.40 bits per heavy atom. The van der Waals surface area contributed by atoms with Crippen molar-refractivity contribution in [2.75, 3.05) is 13.2 Å². The molecule has 0 radical (unpaired) electrons. The molecule has 5 heteroatoms. The summed E-state index contributed by atoms with van der Waals surface area (Å²) in [4.78, 5) is 11.7. The van der Waals surface area contributed by atoms with Crippen LogP contribution < -0.4 is 10.1 Å². The van der Waals surface area contributed by atoms with Gasteiger partial charge in [-0.1, -0.05) is 18.6 Å². The number of rotatable bonds is 6. The number of hydrogen-bond donors (Lipinski definition) is 2. The lowest BCUT2D eigenvalue weighted by molar-refractivity contribution is -0.121. The molecule has 1 aromatic rings. The minimum atomic E-state index is -0.258. The summed E-state index contributed by atoms with van der Waals surface area (Å²) in [5.74, 6) is 0.922. The van der Waals surface area contributed by atoms with E-state index in [4.69, 9.17) is 4.74 Å². The average Bonchev–Trinajstić information content (AvgIpc) is 2.84. The van der Waals surface area contributed by atoms with Crippen molar-refractivity contribution in [2.45, 2.75) is 31.8 Å². The predicted octanol–water partition coefficient (Wildman–Crippen LogP) is 2.50. The fraction of sp³-hybridized carbons (Fsp3) is 0.533. The molecule has 1 saturated carbocycles. The monoisotopic (exact) mass is 341 g/mol. The van der Waals surface area contributed by atoms with Gasteiger partial charge >= 0.3 is 0 Å². The third kappa shape index (κ3) is 4.49. The molecule has 0 saturated heterocycles. The maximum Gasteiger partial charge on any atom is 0.223 e. The molecule has 1 aliphatic carbocycles. The second kappa shape index (κ2) is 7.64. The van der Waals surface area contributed by atoms with Gasteiger partial charge in [-0.25, -0.2) is 0 Å². The lowest BCUT2D eigenvalue weighted by Crippen LogP contribution is -2.33. The molecule has 0 aliphatic heterocycles. The van der Waals surface area contributed by atoms with E-state index in [9.17, 15) is 9.90 Å². The smallest absolute Gasteiger partial charge is 0.223 e. The predicted molar refractivity (Wildman–Crippen MR) is 80.6 cm³/mol. The molecule has 2 atom stereocenters. The molecule has 1 aromatic carbocycles. The lowest BCUT2D eigenvalue weighted by Gasteiger charge is -2.15. The molecule has 1 fully saturated rings. The third-order valence-corrected chi connectivity index (χ3v) is 4.26. The molecule has 4 nitrogen and oxygen atoms in total. The SMILES string of the molecule is O=C(CCOc1ccccc1Br)NC[C@@H]1CCC[C@@H]1O. The quantitative estimate of drug-likeness (QED) is 0.835. The van der Waals surface area contributed by atoms with E-state index in [1.165, 1.54) is 0 Å². The topological polar surface area (TPSA) is 58.6 Å². The van der Waals surface area contributed by atoms with E-state index in [2.05, 4.69) is 21.2 Å². The Kier molecular flexibility index (Phi) is 5.86. The van der Waals surface area contributed by atoms with Gasteiger partial charge < -0.3 is 15.2 Å². The van der Waals surface area contributed by atoms with Crippen LogP contribution in [0.3, 0.4) is 0 Å². The van der Waals surface area contributed by atoms with Crippen LogP contribution in [0.5, 0.6) is 5.75 Å². The van der Waals surface area contributed by atoms with E-state index in [1.54, 1.807) is 0 Å². The fourth-order valence-corrected chi connectivity index (χ4v) is 2.80. The molecule has 1 amide bonds. The van der Waals surface area contributed by atoms with Crippen molar-refractivity contribution in [1.82, 2.24) is 5.32 Å². The molecule has 1 aliphatic rings. The zero-order valence-electron chi connectivity index (χ0n) is 11.3. The van der Waals surface area contributed by atoms with Gasteiger partial charge in [-0.15, -0.1) is 0 Å². The van der Waals surface area contributed by atoms with Crippen LogP contribution in [0, 0.1) is 5.92 Å². The van der Waals surface area contributed by atoms with Crippen molar-refractivity contribution in [3.05, 3.63) is 28.7 Å². The normalized spacial score (nSPS) is 21.7. The van der Waals surface area contributed by atoms with Gasteiger partial charge in [0.25, 0.3) is 0 Å². The summed E-state index contributed by atoms with van der Waals surface area (Å²) in [6.45, 7) is 0.913. The number of para-hydroxylation sites is 1. The van der Waals surface area contributed by atoms with Crippen LogP contribution in [0.25, 0.3) is 0 Å². The largest absolute Gasteiger partial charge is 0.492 e. The molecule has 110 valence electrons. The Balaban J connectivity index is 1.64. The van der Waals surface area contributed by atoms with Gasteiger partial charge in [0, 0.05) is 12.5 Å². The Morgan fingerprint density at radius 3 is 2.90 bits per heavy atom. The van der Waals surface area contributed by atoms with Crippen LogP contribution in [0.1, 0.15) is 25.7 Å². The van der Waals surface area contributed by atoms with Gasteiger partial charge in [-0.3, -0.25) is 4.79 Å². The number of benzene rings is 1. The first kappa shape index (κ1) is 15.3. The van der Waals surface area contributed by atoms with Gasteiger partial charge in [0.15, 0.2) is 0 Å². The van der Waals surface area contributed by atoms with Crippen molar-refractivity contribution >= 4 is 21.8 Å². The number of aliphatic hydroxyl groups excluding tert-OH is 1. The average molecular weight is 342 g/mol. The summed E-state index contributed by atoms with van der Waals surface area (Å²) in [5, 5.41) is 12.5. The van der Waals surface area contributed by atoms with E-state index in [-0.39, 0.29) is 17.9 Å². The van der Waals surface area contributed by atoms with E-state index in [1.807, 2.05) is 24.3 Å². The molecule has 20 heavy (non-hydrogen) atoms. The highest BCUT2D eigenvalue weighted by Crippen LogP contribution is 2.25. The van der Waals surface area contributed by atoms with E-state index < -0.39 is 0 Å². The van der Waals surface area contributed by atoms with Crippen molar-refractivity contribution < 1.29 is 14.6 Å². The summed E-state index contributed by atoms with van der Waals surface area (Å²) < 4.78 is 6.43. The van der Waals surface area contributed by atoms with Crippen LogP contribution in [-0.4, -0.2) is 30.3 Å². The molecule has 0 bridgehead atoms. The zero-order chi connectivity index (χ0) is 14.4. The van der Waals surface area contributed by atoms with E-state index in [0.29, 0.717) is 19.6 Å². The molecule has 0 spiro atoms. The van der Waals surface area contributed by atoms with E-state index in [0.717, 1.165) is 29.5 Å². The molecule has 2 rings (SSSR count). The number of ether oxygens (including phenoxy) is 1. The Labute approximate surface area is 127 Å². The number of carbonyl (C=O) groups is 1. The standard InChI is InChI=1S/C15H20BrNO3/c16-12-5-1-2-7-14(12)20-9-8-15(19)17-10-11-4-3-6-13(11)18/h1-2,5,7,11,13,18H,3-4,6,8-10H2,(H,17,19)/t11-,13-/m0/s1. The molecule has 0 aromatic heterocycles. The van der Waals surface area contributed by atoms with Gasteiger partial charge in [-0.2, -0.15) is 0 Å². The maximum absolute atomic E-state index is 11.7. The molecule has 0 unspecified atom stereocenters. The van der Waals surface area contributed by atoms with Crippen LogP contribution in [0.15, 0.2) is 28.7 Å². The second-order valence-corrected chi connectivity index (χ2v) is 5.95. The minimum absolute atomic E-state index is 0.0313. The number of amides is 1. The van der Waals surface area contributed by atoms with E-state index >= 15 is 0 Å². The molecule has 2 N–H and O–H groups in total. The highest BCUT2D eigenvalue weighted by atomic mass is 79.9. The minimum Gasteiger partial charge on any atom is -0.492 e.